The fourth-order valence-electron chi connectivity index (χ4n) is 3.28. The Morgan fingerprint density at radius 1 is 0.963 bits per heavy atom. The van der Waals surface area contributed by atoms with Gasteiger partial charge < -0.3 is 5.32 Å². The summed E-state index contributed by atoms with van der Waals surface area (Å²) < 4.78 is 14.1. The predicted octanol–water partition coefficient (Wildman–Crippen LogP) is 5.60. The molecule has 1 N–H and O–H groups in total. The van der Waals surface area contributed by atoms with Gasteiger partial charge in [0, 0.05) is 11.6 Å². The van der Waals surface area contributed by atoms with Gasteiger partial charge in [-0.15, -0.1) is 0 Å². The number of fused-ring (bicyclic) bond motifs is 1. The summed E-state index contributed by atoms with van der Waals surface area (Å²) in [6, 6.07) is 21.5. The Morgan fingerprint density at radius 3 is 2.56 bits per heavy atom. The number of aromatic nitrogens is 1. The topological polar surface area (TPSA) is 42.0 Å². The molecule has 4 rings (SSSR count). The Kier molecular flexibility index (Phi) is 4.38. The monoisotopic (exact) mass is 356 g/mol. The van der Waals surface area contributed by atoms with Crippen LogP contribution in [-0.2, 0) is 0 Å². The molecule has 0 atom stereocenters. The highest BCUT2D eigenvalue weighted by atomic mass is 19.1. The molecule has 3 aromatic carbocycles. The summed E-state index contributed by atoms with van der Waals surface area (Å²) in [5.41, 5.74) is 3.74. The average Bonchev–Trinajstić information content (AvgIpc) is 2.68. The zero-order valence-electron chi connectivity index (χ0n) is 14.7. The van der Waals surface area contributed by atoms with Crippen LogP contribution in [0.2, 0.25) is 0 Å². The number of aryl methyl sites for hydroxylation is 1. The molecule has 0 spiro atoms. The Labute approximate surface area is 156 Å². The third kappa shape index (κ3) is 3.29. The van der Waals surface area contributed by atoms with Crippen molar-refractivity contribution >= 4 is 22.5 Å². The zero-order chi connectivity index (χ0) is 18.8. The molecule has 3 nitrogen and oxygen atoms in total. The van der Waals surface area contributed by atoms with Crippen molar-refractivity contribution in [2.75, 3.05) is 5.32 Å². The predicted molar refractivity (Wildman–Crippen MR) is 106 cm³/mol. The first-order chi connectivity index (χ1) is 13.1. The number of para-hydroxylation sites is 1. The molecule has 0 aliphatic carbocycles. The van der Waals surface area contributed by atoms with E-state index in [1.807, 2.05) is 60.7 Å². The largest absolute Gasteiger partial charge is 0.320 e. The van der Waals surface area contributed by atoms with E-state index in [0.717, 1.165) is 16.5 Å². The summed E-state index contributed by atoms with van der Waals surface area (Å²) in [5, 5.41) is 3.89. The second-order valence-electron chi connectivity index (χ2n) is 6.35. The molecule has 1 aromatic heterocycles. The van der Waals surface area contributed by atoms with Crippen molar-refractivity contribution in [2.45, 2.75) is 6.92 Å². The average molecular weight is 356 g/mol. The molecule has 4 aromatic rings. The molecule has 0 aliphatic rings. The molecule has 0 aliphatic heterocycles. The van der Waals surface area contributed by atoms with Gasteiger partial charge in [0.2, 0.25) is 0 Å². The van der Waals surface area contributed by atoms with Crippen LogP contribution in [-0.4, -0.2) is 10.9 Å². The van der Waals surface area contributed by atoms with Crippen LogP contribution in [0.5, 0.6) is 0 Å². The highest BCUT2D eigenvalue weighted by Crippen LogP contribution is 2.29. The van der Waals surface area contributed by atoms with Gasteiger partial charge in [0.25, 0.3) is 5.91 Å². The third-order valence-corrected chi connectivity index (χ3v) is 4.49. The van der Waals surface area contributed by atoms with E-state index in [2.05, 4.69) is 10.3 Å². The molecule has 0 unspecified atom stereocenters. The number of benzene rings is 3. The zero-order valence-corrected chi connectivity index (χ0v) is 14.7. The first-order valence-corrected chi connectivity index (χ1v) is 8.64. The van der Waals surface area contributed by atoms with E-state index < -0.39 is 0 Å². The molecule has 1 heterocycles. The lowest BCUT2D eigenvalue weighted by molar-refractivity contribution is 0.102. The van der Waals surface area contributed by atoms with E-state index in [1.54, 1.807) is 13.1 Å². The van der Waals surface area contributed by atoms with Crippen LogP contribution < -0.4 is 5.32 Å². The van der Waals surface area contributed by atoms with Gasteiger partial charge in [-0.1, -0.05) is 48.5 Å². The normalized spacial score (nSPS) is 10.7. The second-order valence-corrected chi connectivity index (χ2v) is 6.35. The summed E-state index contributed by atoms with van der Waals surface area (Å²) in [4.78, 5) is 17.5. The molecular weight excluding hydrogens is 339 g/mol. The molecule has 0 saturated heterocycles. The van der Waals surface area contributed by atoms with E-state index in [-0.39, 0.29) is 11.7 Å². The number of hydrogen-bond acceptors (Lipinski definition) is 2. The Morgan fingerprint density at radius 2 is 1.74 bits per heavy atom. The first kappa shape index (κ1) is 16.9. The maximum Gasteiger partial charge on any atom is 0.256 e. The number of nitrogens with one attached hydrogen (secondary N) is 1. The van der Waals surface area contributed by atoms with Crippen molar-refractivity contribution in [3.05, 3.63) is 95.9 Å². The molecule has 1 amide bonds. The molecule has 0 radical (unpaired) electrons. The van der Waals surface area contributed by atoms with Crippen molar-refractivity contribution in [1.29, 1.82) is 0 Å². The summed E-state index contributed by atoms with van der Waals surface area (Å²) in [5.74, 6) is -0.653. The molecule has 132 valence electrons. The van der Waals surface area contributed by atoms with E-state index in [1.165, 1.54) is 12.1 Å². The van der Waals surface area contributed by atoms with Crippen molar-refractivity contribution in [3.8, 4) is 11.1 Å². The minimum atomic E-state index is -0.366. The van der Waals surface area contributed by atoms with E-state index in [4.69, 9.17) is 0 Å². The maximum atomic E-state index is 14.1. The lowest BCUT2D eigenvalue weighted by atomic mass is 9.95. The number of carbonyl (C=O) groups is 1. The van der Waals surface area contributed by atoms with Crippen molar-refractivity contribution in [3.63, 3.8) is 0 Å². The van der Waals surface area contributed by atoms with Gasteiger partial charge in [-0.05, 0) is 47.9 Å². The van der Waals surface area contributed by atoms with E-state index in [0.29, 0.717) is 22.4 Å². The van der Waals surface area contributed by atoms with Gasteiger partial charge in [-0.25, -0.2) is 4.39 Å². The smallest absolute Gasteiger partial charge is 0.256 e. The second kappa shape index (κ2) is 7.00. The maximum absolute atomic E-state index is 14.1. The third-order valence-electron chi connectivity index (χ3n) is 4.49. The summed E-state index contributed by atoms with van der Waals surface area (Å²) in [6.45, 7) is 1.74. The molecule has 0 bridgehead atoms. The Hall–Kier alpha value is -3.53. The standard InChI is InChI=1S/C23H17FN2O/c1-15-13-18(24)14-19(16-7-3-2-4-8-16)21(15)23(27)26-20-11-5-9-17-10-6-12-25-22(17)20/h2-14H,1H3,(H,26,27). The number of rotatable bonds is 3. The van der Waals surface area contributed by atoms with Crippen LogP contribution in [0.15, 0.2) is 79.0 Å². The van der Waals surface area contributed by atoms with E-state index in [9.17, 15) is 9.18 Å². The molecule has 0 fully saturated rings. The highest BCUT2D eigenvalue weighted by molar-refractivity contribution is 6.12. The SMILES string of the molecule is Cc1cc(F)cc(-c2ccccc2)c1C(=O)Nc1cccc2cccnc12. The van der Waals surface area contributed by atoms with Gasteiger partial charge in [0.1, 0.15) is 5.82 Å². The van der Waals surface area contributed by atoms with Crippen LogP contribution >= 0.6 is 0 Å². The van der Waals surface area contributed by atoms with Gasteiger partial charge in [-0.3, -0.25) is 9.78 Å². The number of pyridine rings is 1. The summed E-state index contributed by atoms with van der Waals surface area (Å²) in [6.07, 6.45) is 1.69. The number of nitrogens with zero attached hydrogens (tertiary/aromatic N) is 1. The number of amides is 1. The first-order valence-electron chi connectivity index (χ1n) is 8.64. The fourth-order valence-corrected chi connectivity index (χ4v) is 3.28. The highest BCUT2D eigenvalue weighted by Gasteiger charge is 2.18. The van der Waals surface area contributed by atoms with E-state index >= 15 is 0 Å². The lowest BCUT2D eigenvalue weighted by Crippen LogP contribution is -2.15. The van der Waals surface area contributed by atoms with Crippen LogP contribution in [0.25, 0.3) is 22.0 Å². The number of hydrogen-bond donors (Lipinski definition) is 1. The molecule has 0 saturated carbocycles. The van der Waals surface area contributed by atoms with Crippen molar-refractivity contribution < 1.29 is 9.18 Å². The quantitative estimate of drug-likeness (QED) is 0.519. The fraction of sp³-hybridized carbons (Fsp3) is 0.0435. The minimum Gasteiger partial charge on any atom is -0.320 e. The number of halogens is 1. The molecule has 27 heavy (non-hydrogen) atoms. The van der Waals surface area contributed by atoms with Crippen LogP contribution in [0.4, 0.5) is 10.1 Å². The van der Waals surface area contributed by atoms with Crippen LogP contribution in [0.3, 0.4) is 0 Å². The lowest BCUT2D eigenvalue weighted by Gasteiger charge is -2.14. The van der Waals surface area contributed by atoms with Crippen LogP contribution in [0.1, 0.15) is 15.9 Å². The van der Waals surface area contributed by atoms with Gasteiger partial charge >= 0.3 is 0 Å². The van der Waals surface area contributed by atoms with Gasteiger partial charge in [-0.2, -0.15) is 0 Å². The molecular formula is C23H17FN2O. The number of anilines is 1. The van der Waals surface area contributed by atoms with Crippen LogP contribution in [0, 0.1) is 12.7 Å². The summed E-state index contributed by atoms with van der Waals surface area (Å²) in [7, 11) is 0. The van der Waals surface area contributed by atoms with Gasteiger partial charge in [0.05, 0.1) is 16.8 Å². The minimum absolute atomic E-state index is 0.287. The summed E-state index contributed by atoms with van der Waals surface area (Å²) >= 11 is 0. The Balaban J connectivity index is 1.80. The Bertz CT molecular complexity index is 1130. The number of carbonyl (C=O) groups excluding carboxylic acids is 1. The molecule has 4 heteroatoms. The van der Waals surface area contributed by atoms with Gasteiger partial charge in [0.15, 0.2) is 0 Å². The van der Waals surface area contributed by atoms with Crippen molar-refractivity contribution in [2.24, 2.45) is 0 Å². The van der Waals surface area contributed by atoms with Crippen molar-refractivity contribution in [1.82, 2.24) is 4.98 Å².